The first-order valence-corrected chi connectivity index (χ1v) is 10.3. The van der Waals surface area contributed by atoms with Crippen molar-refractivity contribution in [2.24, 2.45) is 0 Å². The summed E-state index contributed by atoms with van der Waals surface area (Å²) < 4.78 is 0. The molecule has 0 radical (unpaired) electrons. The van der Waals surface area contributed by atoms with E-state index in [1.807, 2.05) is 0 Å². The van der Waals surface area contributed by atoms with Gasteiger partial charge in [-0.15, -0.1) is 0 Å². The molecule has 2 saturated heterocycles. The van der Waals surface area contributed by atoms with Gasteiger partial charge in [-0.2, -0.15) is 0 Å². The van der Waals surface area contributed by atoms with Crippen LogP contribution < -0.4 is 20.4 Å². The van der Waals surface area contributed by atoms with E-state index in [2.05, 4.69) is 82.8 Å². The maximum absolute atomic E-state index is 3.81. The molecule has 2 aliphatic heterocycles. The summed E-state index contributed by atoms with van der Waals surface area (Å²) in [4.78, 5) is 5.06. The molecule has 0 bridgehead atoms. The lowest BCUT2D eigenvalue weighted by Gasteiger charge is -2.39. The van der Waals surface area contributed by atoms with E-state index in [1.165, 1.54) is 28.9 Å². The van der Waals surface area contributed by atoms with Crippen LogP contribution in [0.15, 0.2) is 48.5 Å². The Morgan fingerprint density at radius 3 is 2.26 bits per heavy atom. The van der Waals surface area contributed by atoms with Gasteiger partial charge in [-0.3, -0.25) is 0 Å². The van der Waals surface area contributed by atoms with E-state index in [4.69, 9.17) is 0 Å². The molecule has 27 heavy (non-hydrogen) atoms. The zero-order valence-corrected chi connectivity index (χ0v) is 16.6. The minimum atomic E-state index is 0.497. The highest BCUT2D eigenvalue weighted by molar-refractivity contribution is 5.49. The molecule has 0 aromatic heterocycles. The van der Waals surface area contributed by atoms with Crippen LogP contribution in [0.3, 0.4) is 0 Å². The van der Waals surface area contributed by atoms with Crippen molar-refractivity contribution in [3.63, 3.8) is 0 Å². The first kappa shape index (κ1) is 18.3. The van der Waals surface area contributed by atoms with Crippen LogP contribution in [0, 0.1) is 13.8 Å². The van der Waals surface area contributed by atoms with E-state index in [1.54, 1.807) is 0 Å². The van der Waals surface area contributed by atoms with Crippen molar-refractivity contribution in [2.45, 2.75) is 32.4 Å². The standard InChI is InChI=1S/C23H32N4/c1-18-6-8-20(9-7-18)26-13-10-22(24-11-14-26)23-17-27(15-12-25-23)21-5-3-4-19(2)16-21/h3-9,16,22-25H,10-15,17H2,1-2H3. The molecule has 0 aliphatic carbocycles. The lowest BCUT2D eigenvalue weighted by Crippen LogP contribution is -2.59. The summed E-state index contributed by atoms with van der Waals surface area (Å²) in [5, 5.41) is 7.59. The van der Waals surface area contributed by atoms with E-state index >= 15 is 0 Å². The molecule has 2 atom stereocenters. The lowest BCUT2D eigenvalue weighted by atomic mass is 10.0. The Morgan fingerprint density at radius 1 is 0.741 bits per heavy atom. The van der Waals surface area contributed by atoms with Crippen molar-refractivity contribution in [3.8, 4) is 0 Å². The van der Waals surface area contributed by atoms with Gasteiger partial charge in [0, 0.05) is 62.7 Å². The van der Waals surface area contributed by atoms with Gasteiger partial charge in [0.15, 0.2) is 0 Å². The first-order valence-electron chi connectivity index (χ1n) is 10.3. The van der Waals surface area contributed by atoms with E-state index in [0.29, 0.717) is 12.1 Å². The summed E-state index contributed by atoms with van der Waals surface area (Å²) >= 11 is 0. The number of benzene rings is 2. The third kappa shape index (κ3) is 4.45. The summed E-state index contributed by atoms with van der Waals surface area (Å²) in [6.07, 6.45) is 1.17. The van der Waals surface area contributed by atoms with E-state index in [9.17, 15) is 0 Å². The van der Waals surface area contributed by atoms with Gasteiger partial charge in [-0.05, 0) is 50.1 Å². The average molecular weight is 365 g/mol. The number of aryl methyl sites for hydroxylation is 2. The van der Waals surface area contributed by atoms with Crippen LogP contribution in [0.2, 0.25) is 0 Å². The highest BCUT2D eigenvalue weighted by atomic mass is 15.2. The highest BCUT2D eigenvalue weighted by Gasteiger charge is 2.28. The van der Waals surface area contributed by atoms with Gasteiger partial charge in [-0.25, -0.2) is 0 Å². The van der Waals surface area contributed by atoms with Crippen LogP contribution in [0.25, 0.3) is 0 Å². The van der Waals surface area contributed by atoms with Crippen LogP contribution in [-0.2, 0) is 0 Å². The predicted molar refractivity (Wildman–Crippen MR) is 115 cm³/mol. The molecule has 2 fully saturated rings. The molecule has 2 aromatic carbocycles. The molecule has 0 saturated carbocycles. The smallest absolute Gasteiger partial charge is 0.0399 e. The number of piperazine rings is 1. The van der Waals surface area contributed by atoms with Gasteiger partial charge >= 0.3 is 0 Å². The number of nitrogens with one attached hydrogen (secondary N) is 2. The summed E-state index contributed by atoms with van der Waals surface area (Å²) in [6.45, 7) is 10.8. The number of hydrogen-bond acceptors (Lipinski definition) is 4. The number of anilines is 2. The van der Waals surface area contributed by atoms with Crippen LogP contribution in [0.1, 0.15) is 17.5 Å². The Morgan fingerprint density at radius 2 is 1.48 bits per heavy atom. The molecule has 0 spiro atoms. The van der Waals surface area contributed by atoms with Gasteiger partial charge < -0.3 is 20.4 Å². The zero-order valence-electron chi connectivity index (χ0n) is 16.6. The van der Waals surface area contributed by atoms with Crippen molar-refractivity contribution in [1.82, 2.24) is 10.6 Å². The summed E-state index contributed by atoms with van der Waals surface area (Å²) in [5.74, 6) is 0. The topological polar surface area (TPSA) is 30.5 Å². The Balaban J connectivity index is 1.39. The molecule has 2 unspecified atom stereocenters. The first-order chi connectivity index (χ1) is 13.2. The lowest BCUT2D eigenvalue weighted by molar-refractivity contribution is 0.346. The highest BCUT2D eigenvalue weighted by Crippen LogP contribution is 2.21. The van der Waals surface area contributed by atoms with Gasteiger partial charge in [0.05, 0.1) is 0 Å². The quantitative estimate of drug-likeness (QED) is 0.877. The second kappa shape index (κ2) is 8.32. The molecule has 0 amide bonds. The van der Waals surface area contributed by atoms with Crippen LogP contribution in [-0.4, -0.2) is 51.4 Å². The minimum absolute atomic E-state index is 0.497. The van der Waals surface area contributed by atoms with E-state index < -0.39 is 0 Å². The Kier molecular flexibility index (Phi) is 5.65. The number of rotatable bonds is 3. The summed E-state index contributed by atoms with van der Waals surface area (Å²) in [5.41, 5.74) is 5.37. The van der Waals surface area contributed by atoms with Crippen molar-refractivity contribution >= 4 is 11.4 Å². The maximum atomic E-state index is 3.81. The normalized spacial score (nSPS) is 23.9. The van der Waals surface area contributed by atoms with Crippen molar-refractivity contribution in [1.29, 1.82) is 0 Å². The fraction of sp³-hybridized carbons (Fsp3) is 0.478. The molecule has 4 nitrogen and oxygen atoms in total. The Bertz CT molecular complexity index is 742. The van der Waals surface area contributed by atoms with Gasteiger partial charge in [0.2, 0.25) is 0 Å². The van der Waals surface area contributed by atoms with Gasteiger partial charge in [0.1, 0.15) is 0 Å². The SMILES string of the molecule is Cc1ccc(N2CCNC(C3CN(c4cccc(C)c4)CCN3)CC2)cc1. The van der Waals surface area contributed by atoms with Gasteiger partial charge in [0.25, 0.3) is 0 Å². The molecular weight excluding hydrogens is 332 g/mol. The Hall–Kier alpha value is -2.04. The Labute approximate surface area is 163 Å². The summed E-state index contributed by atoms with van der Waals surface area (Å²) in [7, 11) is 0. The van der Waals surface area contributed by atoms with Gasteiger partial charge in [-0.1, -0.05) is 29.8 Å². The predicted octanol–water partition coefficient (Wildman–Crippen LogP) is 2.95. The molecule has 2 heterocycles. The van der Waals surface area contributed by atoms with Crippen LogP contribution >= 0.6 is 0 Å². The van der Waals surface area contributed by atoms with E-state index in [0.717, 1.165) is 39.3 Å². The van der Waals surface area contributed by atoms with Crippen LogP contribution in [0.4, 0.5) is 11.4 Å². The van der Waals surface area contributed by atoms with Crippen LogP contribution in [0.5, 0.6) is 0 Å². The van der Waals surface area contributed by atoms with Crippen molar-refractivity contribution in [2.75, 3.05) is 49.1 Å². The van der Waals surface area contributed by atoms with Crippen molar-refractivity contribution < 1.29 is 0 Å². The third-order valence-corrected chi connectivity index (χ3v) is 5.96. The molecule has 4 rings (SSSR count). The molecule has 2 aromatic rings. The molecule has 2 N–H and O–H groups in total. The zero-order chi connectivity index (χ0) is 18.6. The number of hydrogen-bond donors (Lipinski definition) is 2. The second-order valence-corrected chi connectivity index (χ2v) is 8.02. The molecule has 2 aliphatic rings. The molecule has 144 valence electrons. The fourth-order valence-electron chi connectivity index (χ4n) is 4.36. The van der Waals surface area contributed by atoms with Crippen molar-refractivity contribution in [3.05, 3.63) is 59.7 Å². The second-order valence-electron chi connectivity index (χ2n) is 8.02. The maximum Gasteiger partial charge on any atom is 0.0399 e. The molecular formula is C23H32N4. The van der Waals surface area contributed by atoms with E-state index in [-0.39, 0.29) is 0 Å². The monoisotopic (exact) mass is 364 g/mol. The summed E-state index contributed by atoms with van der Waals surface area (Å²) in [6, 6.07) is 18.9. The largest absolute Gasteiger partial charge is 0.370 e. The third-order valence-electron chi connectivity index (χ3n) is 5.96. The molecule has 4 heteroatoms. The number of nitrogens with zero attached hydrogens (tertiary/aromatic N) is 2. The fourth-order valence-corrected chi connectivity index (χ4v) is 4.36. The minimum Gasteiger partial charge on any atom is -0.370 e. The average Bonchev–Trinajstić information content (AvgIpc) is 2.95.